The molecule has 1 fully saturated rings. The molecule has 6 heteroatoms. The van der Waals surface area contributed by atoms with Gasteiger partial charge in [0.05, 0.1) is 12.1 Å². The second-order valence-electron chi connectivity index (χ2n) is 4.89. The minimum atomic E-state index is -0.204. The lowest BCUT2D eigenvalue weighted by Gasteiger charge is -2.19. The summed E-state index contributed by atoms with van der Waals surface area (Å²) in [4.78, 5) is 26.9. The van der Waals surface area contributed by atoms with Gasteiger partial charge in [-0.3, -0.25) is 14.3 Å². The third-order valence-corrected chi connectivity index (χ3v) is 3.24. The van der Waals surface area contributed by atoms with Crippen LogP contribution >= 0.6 is 0 Å². The largest absolute Gasteiger partial charge is 0.345 e. The van der Waals surface area contributed by atoms with Gasteiger partial charge < -0.3 is 9.80 Å². The summed E-state index contributed by atoms with van der Waals surface area (Å²) in [7, 11) is 5.34. The summed E-state index contributed by atoms with van der Waals surface area (Å²) >= 11 is 0. The van der Waals surface area contributed by atoms with Crippen molar-refractivity contribution >= 4 is 11.8 Å². The van der Waals surface area contributed by atoms with E-state index in [4.69, 9.17) is 0 Å². The third-order valence-electron chi connectivity index (χ3n) is 3.24. The highest BCUT2D eigenvalue weighted by atomic mass is 16.2. The van der Waals surface area contributed by atoms with Gasteiger partial charge in [-0.25, -0.2) is 0 Å². The van der Waals surface area contributed by atoms with Crippen molar-refractivity contribution in [1.29, 1.82) is 0 Å². The Labute approximate surface area is 106 Å². The number of nitrogens with zero attached hydrogens (tertiary/aromatic N) is 4. The molecule has 18 heavy (non-hydrogen) atoms. The van der Waals surface area contributed by atoms with Crippen LogP contribution in [0.15, 0.2) is 12.4 Å². The summed E-state index contributed by atoms with van der Waals surface area (Å²) in [6.07, 6.45) is 3.96. The van der Waals surface area contributed by atoms with E-state index in [-0.39, 0.29) is 17.7 Å². The van der Waals surface area contributed by atoms with Crippen LogP contribution in [0.25, 0.3) is 0 Å². The zero-order chi connectivity index (χ0) is 13.3. The molecule has 0 bridgehead atoms. The fourth-order valence-electron chi connectivity index (χ4n) is 2.25. The first-order valence-corrected chi connectivity index (χ1v) is 5.94. The Hall–Kier alpha value is -1.85. The van der Waals surface area contributed by atoms with Gasteiger partial charge in [0.15, 0.2) is 0 Å². The smallest absolute Gasteiger partial charge is 0.228 e. The quantitative estimate of drug-likeness (QED) is 0.750. The van der Waals surface area contributed by atoms with Crippen LogP contribution in [0.5, 0.6) is 0 Å². The molecule has 6 nitrogen and oxygen atoms in total. The molecule has 0 radical (unpaired) electrons. The highest BCUT2D eigenvalue weighted by molar-refractivity contribution is 5.89. The Morgan fingerprint density at radius 2 is 2.28 bits per heavy atom. The number of hydrogen-bond donors (Lipinski definition) is 0. The first-order valence-electron chi connectivity index (χ1n) is 5.94. The molecule has 1 atom stereocenters. The lowest BCUT2D eigenvalue weighted by molar-refractivity contribution is -0.135. The van der Waals surface area contributed by atoms with Gasteiger partial charge in [-0.05, 0) is 0 Å². The van der Waals surface area contributed by atoms with Crippen LogP contribution in [-0.2, 0) is 23.2 Å². The van der Waals surface area contributed by atoms with Gasteiger partial charge in [0.25, 0.3) is 0 Å². The average molecular weight is 250 g/mol. The fourth-order valence-corrected chi connectivity index (χ4v) is 2.25. The monoisotopic (exact) mass is 250 g/mol. The lowest BCUT2D eigenvalue weighted by Crippen LogP contribution is -2.33. The molecule has 1 aliphatic rings. The van der Waals surface area contributed by atoms with Crippen molar-refractivity contribution in [3.05, 3.63) is 18.0 Å². The Kier molecular flexibility index (Phi) is 3.36. The van der Waals surface area contributed by atoms with Crippen LogP contribution < -0.4 is 0 Å². The second-order valence-corrected chi connectivity index (χ2v) is 4.89. The molecule has 0 saturated carbocycles. The minimum Gasteiger partial charge on any atom is -0.345 e. The number of amides is 2. The van der Waals surface area contributed by atoms with Crippen molar-refractivity contribution in [2.45, 2.75) is 13.0 Å². The van der Waals surface area contributed by atoms with Gasteiger partial charge in [-0.2, -0.15) is 5.10 Å². The molecule has 1 aliphatic heterocycles. The van der Waals surface area contributed by atoms with Crippen LogP contribution in [0.2, 0.25) is 0 Å². The van der Waals surface area contributed by atoms with E-state index in [1.54, 1.807) is 34.8 Å². The van der Waals surface area contributed by atoms with E-state index in [9.17, 15) is 9.59 Å². The summed E-state index contributed by atoms with van der Waals surface area (Å²) in [6, 6.07) is 0. The second kappa shape index (κ2) is 4.80. The van der Waals surface area contributed by atoms with E-state index in [1.165, 1.54) is 0 Å². The zero-order valence-electron chi connectivity index (χ0n) is 11.0. The van der Waals surface area contributed by atoms with Gasteiger partial charge in [-0.1, -0.05) is 0 Å². The van der Waals surface area contributed by atoms with E-state index in [0.717, 1.165) is 5.56 Å². The number of carbonyl (C=O) groups is 2. The summed E-state index contributed by atoms with van der Waals surface area (Å²) in [6.45, 7) is 1.05. The molecule has 2 heterocycles. The fraction of sp³-hybridized carbons (Fsp3) is 0.583. The van der Waals surface area contributed by atoms with E-state index in [1.807, 2.05) is 13.2 Å². The van der Waals surface area contributed by atoms with Crippen LogP contribution in [0.3, 0.4) is 0 Å². The van der Waals surface area contributed by atoms with Crippen LogP contribution in [0.1, 0.15) is 12.0 Å². The zero-order valence-corrected chi connectivity index (χ0v) is 11.0. The predicted molar refractivity (Wildman–Crippen MR) is 65.4 cm³/mol. The molecule has 0 aromatic carbocycles. The molecular formula is C12H18N4O2. The maximum absolute atomic E-state index is 12.2. The minimum absolute atomic E-state index is 0.0246. The Balaban J connectivity index is 1.95. The van der Waals surface area contributed by atoms with Crippen LogP contribution in [0.4, 0.5) is 0 Å². The molecular weight excluding hydrogens is 232 g/mol. The maximum atomic E-state index is 12.2. The van der Waals surface area contributed by atoms with Crippen molar-refractivity contribution in [2.24, 2.45) is 13.0 Å². The Morgan fingerprint density at radius 1 is 1.56 bits per heavy atom. The highest BCUT2D eigenvalue weighted by Gasteiger charge is 2.33. The van der Waals surface area contributed by atoms with Gasteiger partial charge in [0, 0.05) is 52.4 Å². The highest BCUT2D eigenvalue weighted by Crippen LogP contribution is 2.18. The van der Waals surface area contributed by atoms with E-state index in [2.05, 4.69) is 5.10 Å². The molecule has 2 amide bonds. The molecule has 0 N–H and O–H groups in total. The first kappa shape index (κ1) is 12.6. The predicted octanol–water partition coefficient (Wildman–Crippen LogP) is -0.143. The van der Waals surface area contributed by atoms with E-state index < -0.39 is 0 Å². The van der Waals surface area contributed by atoms with Crippen molar-refractivity contribution in [3.8, 4) is 0 Å². The number of carbonyl (C=O) groups excluding carboxylic acids is 2. The van der Waals surface area contributed by atoms with Crippen LogP contribution in [0, 0.1) is 5.92 Å². The topological polar surface area (TPSA) is 58.4 Å². The normalized spacial score (nSPS) is 19.4. The molecule has 0 spiro atoms. The summed E-state index contributed by atoms with van der Waals surface area (Å²) in [5, 5.41) is 4.07. The molecule has 0 aliphatic carbocycles. The molecule has 2 rings (SSSR count). The summed E-state index contributed by atoms with van der Waals surface area (Å²) in [5.74, 6) is -0.135. The van der Waals surface area contributed by atoms with Crippen molar-refractivity contribution in [3.63, 3.8) is 0 Å². The number of aryl methyl sites for hydroxylation is 1. The number of aromatic nitrogens is 2. The SMILES string of the molecule is CN1C[C@H](C(=O)N(C)Cc2cnn(C)c2)CC1=O. The summed E-state index contributed by atoms with van der Waals surface area (Å²) < 4.78 is 1.71. The number of likely N-dealkylation sites (tertiary alicyclic amines) is 1. The molecule has 0 unspecified atom stereocenters. The average Bonchev–Trinajstić information content (AvgIpc) is 2.85. The maximum Gasteiger partial charge on any atom is 0.228 e. The van der Waals surface area contributed by atoms with E-state index in [0.29, 0.717) is 19.5 Å². The lowest BCUT2D eigenvalue weighted by atomic mass is 10.1. The van der Waals surface area contributed by atoms with Gasteiger partial charge in [0.2, 0.25) is 11.8 Å². The third kappa shape index (κ3) is 2.52. The number of rotatable bonds is 3. The Bertz CT molecular complexity index is 468. The van der Waals surface area contributed by atoms with Gasteiger partial charge in [-0.15, -0.1) is 0 Å². The van der Waals surface area contributed by atoms with Crippen LogP contribution in [-0.4, -0.2) is 52.0 Å². The van der Waals surface area contributed by atoms with Crippen molar-refractivity contribution in [2.75, 3.05) is 20.6 Å². The molecule has 1 aromatic rings. The molecule has 98 valence electrons. The molecule has 1 saturated heterocycles. The number of hydrogen-bond acceptors (Lipinski definition) is 3. The Morgan fingerprint density at radius 3 is 2.78 bits per heavy atom. The molecule has 1 aromatic heterocycles. The summed E-state index contributed by atoms with van der Waals surface area (Å²) in [5.41, 5.74) is 0.992. The first-order chi connectivity index (χ1) is 8.47. The van der Waals surface area contributed by atoms with Crippen molar-refractivity contribution < 1.29 is 9.59 Å². The van der Waals surface area contributed by atoms with Gasteiger partial charge >= 0.3 is 0 Å². The van der Waals surface area contributed by atoms with E-state index >= 15 is 0 Å². The van der Waals surface area contributed by atoms with Gasteiger partial charge in [0.1, 0.15) is 0 Å². The van der Waals surface area contributed by atoms with Crippen molar-refractivity contribution in [1.82, 2.24) is 19.6 Å². The standard InChI is InChI=1S/C12H18N4O2/c1-14-8-10(4-11(14)17)12(18)15(2)6-9-5-13-16(3)7-9/h5,7,10H,4,6,8H2,1-3H3/t10-/m1/s1.